The molecule has 1 aliphatic rings. The highest BCUT2D eigenvalue weighted by Gasteiger charge is 2.32. The first kappa shape index (κ1) is 11.5. The smallest absolute Gasteiger partial charge is 0.237 e. The fraction of sp³-hybridized carbons (Fsp3) is 0.900. The van der Waals surface area contributed by atoms with Gasteiger partial charge in [0.1, 0.15) is 0 Å². The lowest BCUT2D eigenvalue weighted by Gasteiger charge is -2.25. The molecule has 1 rings (SSSR count). The zero-order valence-electron chi connectivity index (χ0n) is 9.01. The van der Waals surface area contributed by atoms with E-state index in [9.17, 15) is 4.79 Å². The van der Waals surface area contributed by atoms with Crippen LogP contribution in [-0.2, 0) is 9.53 Å². The van der Waals surface area contributed by atoms with Crippen molar-refractivity contribution in [2.75, 3.05) is 13.2 Å². The van der Waals surface area contributed by atoms with Crippen LogP contribution in [0, 0.1) is 0 Å². The highest BCUT2D eigenvalue weighted by molar-refractivity contribution is 5.82. The van der Waals surface area contributed by atoms with Crippen LogP contribution in [0.4, 0.5) is 0 Å². The predicted octanol–water partition coefficient (Wildman–Crippen LogP) is 0.409. The molecule has 0 aliphatic carbocycles. The van der Waals surface area contributed by atoms with Gasteiger partial charge in [-0.15, -0.1) is 0 Å². The maximum absolute atomic E-state index is 11.6. The molecule has 1 fully saturated rings. The van der Waals surface area contributed by atoms with Gasteiger partial charge in [-0.2, -0.15) is 0 Å². The van der Waals surface area contributed by atoms with Crippen LogP contribution < -0.4 is 11.1 Å². The van der Waals surface area contributed by atoms with Crippen LogP contribution in [0.3, 0.4) is 0 Å². The largest absolute Gasteiger partial charge is 0.379 e. The highest BCUT2D eigenvalue weighted by atomic mass is 16.5. The normalized spacial score (nSPS) is 28.8. The minimum Gasteiger partial charge on any atom is -0.379 e. The highest BCUT2D eigenvalue weighted by Crippen LogP contribution is 2.17. The van der Waals surface area contributed by atoms with Crippen molar-refractivity contribution in [2.24, 2.45) is 5.73 Å². The monoisotopic (exact) mass is 200 g/mol. The fourth-order valence-electron chi connectivity index (χ4n) is 1.60. The summed E-state index contributed by atoms with van der Waals surface area (Å²) in [6, 6.07) is -0.377. The minimum atomic E-state index is -0.377. The Balaban J connectivity index is 2.39. The van der Waals surface area contributed by atoms with Crippen molar-refractivity contribution < 1.29 is 9.53 Å². The summed E-state index contributed by atoms with van der Waals surface area (Å²) >= 11 is 0. The van der Waals surface area contributed by atoms with Gasteiger partial charge in [-0.05, 0) is 19.8 Å². The third-order valence-corrected chi connectivity index (χ3v) is 2.58. The van der Waals surface area contributed by atoms with Gasteiger partial charge in [-0.3, -0.25) is 4.79 Å². The van der Waals surface area contributed by atoms with Crippen LogP contribution in [0.25, 0.3) is 0 Å². The molecule has 0 saturated carbocycles. The first-order valence-electron chi connectivity index (χ1n) is 5.23. The van der Waals surface area contributed by atoms with Crippen molar-refractivity contribution in [1.82, 2.24) is 5.32 Å². The Morgan fingerprint density at radius 2 is 2.43 bits per heavy atom. The predicted molar refractivity (Wildman–Crippen MR) is 54.9 cm³/mol. The zero-order valence-corrected chi connectivity index (χ0v) is 9.01. The lowest BCUT2D eigenvalue weighted by atomic mass is 10.0. The Kier molecular flexibility index (Phi) is 3.89. The van der Waals surface area contributed by atoms with E-state index in [2.05, 4.69) is 5.32 Å². The molecule has 1 unspecified atom stereocenters. The van der Waals surface area contributed by atoms with E-state index in [1.54, 1.807) is 0 Å². The molecule has 0 aromatic rings. The molecule has 1 aliphatic heterocycles. The van der Waals surface area contributed by atoms with Gasteiger partial charge in [0.15, 0.2) is 0 Å². The number of carbonyl (C=O) groups is 1. The number of nitrogens with one attached hydrogen (secondary N) is 1. The number of hydrogen-bond donors (Lipinski definition) is 2. The van der Waals surface area contributed by atoms with Crippen molar-refractivity contribution >= 4 is 5.91 Å². The van der Waals surface area contributed by atoms with Crippen molar-refractivity contribution in [1.29, 1.82) is 0 Å². The number of nitrogens with two attached hydrogens (primary N) is 1. The molecule has 0 spiro atoms. The SMILES string of the molecule is CCC[C@@H](N)C(=O)NC1(C)CCOC1. The molecule has 14 heavy (non-hydrogen) atoms. The third kappa shape index (κ3) is 2.96. The molecule has 2 atom stereocenters. The van der Waals surface area contributed by atoms with E-state index >= 15 is 0 Å². The number of carbonyl (C=O) groups excluding carboxylic acids is 1. The van der Waals surface area contributed by atoms with Crippen LogP contribution in [0.1, 0.15) is 33.1 Å². The first-order valence-corrected chi connectivity index (χ1v) is 5.23. The Labute approximate surface area is 85.2 Å². The van der Waals surface area contributed by atoms with Crippen LogP contribution in [0.2, 0.25) is 0 Å². The van der Waals surface area contributed by atoms with Gasteiger partial charge in [-0.25, -0.2) is 0 Å². The quantitative estimate of drug-likeness (QED) is 0.691. The molecule has 0 radical (unpaired) electrons. The van der Waals surface area contributed by atoms with E-state index in [4.69, 9.17) is 10.5 Å². The van der Waals surface area contributed by atoms with Gasteiger partial charge >= 0.3 is 0 Å². The molecule has 0 aromatic heterocycles. The van der Waals surface area contributed by atoms with E-state index < -0.39 is 0 Å². The van der Waals surface area contributed by atoms with Crippen LogP contribution in [-0.4, -0.2) is 30.7 Å². The topological polar surface area (TPSA) is 64.4 Å². The van der Waals surface area contributed by atoms with Crippen LogP contribution in [0.15, 0.2) is 0 Å². The summed E-state index contributed by atoms with van der Waals surface area (Å²) in [7, 11) is 0. The van der Waals surface area contributed by atoms with E-state index in [1.807, 2.05) is 13.8 Å². The molecular formula is C10H20N2O2. The lowest BCUT2D eigenvalue weighted by molar-refractivity contribution is -0.124. The second kappa shape index (κ2) is 4.75. The maximum atomic E-state index is 11.6. The molecule has 0 bridgehead atoms. The molecule has 1 saturated heterocycles. The van der Waals surface area contributed by atoms with Gasteiger partial charge in [0.2, 0.25) is 5.91 Å². The van der Waals surface area contributed by atoms with Gasteiger partial charge in [0.25, 0.3) is 0 Å². The van der Waals surface area contributed by atoms with E-state index in [1.165, 1.54) is 0 Å². The minimum absolute atomic E-state index is 0.0557. The summed E-state index contributed by atoms with van der Waals surface area (Å²) in [6.45, 7) is 5.33. The van der Waals surface area contributed by atoms with Gasteiger partial charge < -0.3 is 15.8 Å². The second-order valence-corrected chi connectivity index (χ2v) is 4.25. The summed E-state index contributed by atoms with van der Waals surface area (Å²) in [4.78, 5) is 11.6. The third-order valence-electron chi connectivity index (χ3n) is 2.58. The average molecular weight is 200 g/mol. The summed E-state index contributed by atoms with van der Waals surface area (Å²) in [5.74, 6) is -0.0557. The molecule has 1 amide bonds. The Morgan fingerprint density at radius 3 is 2.93 bits per heavy atom. The summed E-state index contributed by atoms with van der Waals surface area (Å²) in [5.41, 5.74) is 5.51. The van der Waals surface area contributed by atoms with Crippen LogP contribution in [0.5, 0.6) is 0 Å². The van der Waals surface area contributed by atoms with Crippen molar-refractivity contribution in [3.05, 3.63) is 0 Å². The maximum Gasteiger partial charge on any atom is 0.237 e. The van der Waals surface area contributed by atoms with Crippen molar-refractivity contribution in [2.45, 2.75) is 44.7 Å². The van der Waals surface area contributed by atoms with E-state index in [0.29, 0.717) is 6.61 Å². The van der Waals surface area contributed by atoms with E-state index in [-0.39, 0.29) is 17.5 Å². The molecule has 4 heteroatoms. The second-order valence-electron chi connectivity index (χ2n) is 4.25. The molecule has 4 nitrogen and oxygen atoms in total. The molecular weight excluding hydrogens is 180 g/mol. The van der Waals surface area contributed by atoms with Crippen molar-refractivity contribution in [3.8, 4) is 0 Å². The lowest BCUT2D eigenvalue weighted by Crippen LogP contribution is -2.52. The average Bonchev–Trinajstić information content (AvgIpc) is 2.52. The number of hydrogen-bond acceptors (Lipinski definition) is 3. The summed E-state index contributed by atoms with van der Waals surface area (Å²) in [5, 5.41) is 2.95. The fourth-order valence-corrected chi connectivity index (χ4v) is 1.60. The Bertz CT molecular complexity index is 200. The zero-order chi connectivity index (χ0) is 10.6. The van der Waals surface area contributed by atoms with Gasteiger partial charge in [-0.1, -0.05) is 13.3 Å². The number of rotatable bonds is 4. The first-order chi connectivity index (χ1) is 6.57. The van der Waals surface area contributed by atoms with E-state index in [0.717, 1.165) is 25.9 Å². The summed E-state index contributed by atoms with van der Waals surface area (Å²) in [6.07, 6.45) is 2.54. The molecule has 82 valence electrons. The van der Waals surface area contributed by atoms with Crippen LogP contribution >= 0.6 is 0 Å². The Morgan fingerprint density at radius 1 is 1.71 bits per heavy atom. The molecule has 0 aromatic carbocycles. The standard InChI is InChI=1S/C10H20N2O2/c1-3-4-8(11)9(13)12-10(2)5-6-14-7-10/h8H,3-7,11H2,1-2H3,(H,12,13)/t8-,10?/m1/s1. The Hall–Kier alpha value is -0.610. The summed E-state index contributed by atoms with van der Waals surface area (Å²) < 4.78 is 5.25. The molecule has 3 N–H and O–H groups in total. The van der Waals surface area contributed by atoms with Gasteiger partial charge in [0, 0.05) is 6.61 Å². The number of amides is 1. The van der Waals surface area contributed by atoms with Crippen molar-refractivity contribution in [3.63, 3.8) is 0 Å². The number of ether oxygens (including phenoxy) is 1. The molecule has 1 heterocycles. The van der Waals surface area contributed by atoms with Gasteiger partial charge in [0.05, 0.1) is 18.2 Å².